The molecule has 28 heavy (non-hydrogen) atoms. The highest BCUT2D eigenvalue weighted by Crippen LogP contribution is 2.18. The second-order valence-corrected chi connectivity index (χ2v) is 7.14. The van der Waals surface area contributed by atoms with E-state index in [1.54, 1.807) is 0 Å². The number of nitrogens with one attached hydrogen (secondary N) is 2. The van der Waals surface area contributed by atoms with Crippen molar-refractivity contribution >= 4 is 23.4 Å². The van der Waals surface area contributed by atoms with Crippen LogP contribution in [0, 0.1) is 0 Å². The molecule has 0 aliphatic rings. The molecule has 0 spiro atoms. The fourth-order valence-corrected chi connectivity index (χ4v) is 3.26. The van der Waals surface area contributed by atoms with Gasteiger partial charge in [0.2, 0.25) is 11.1 Å². The fraction of sp³-hybridized carbons (Fsp3) is 0.286. The number of anilines is 1. The highest BCUT2D eigenvalue weighted by Gasteiger charge is 2.10. The van der Waals surface area contributed by atoms with Gasteiger partial charge in [0, 0.05) is 5.69 Å². The van der Waals surface area contributed by atoms with Crippen molar-refractivity contribution in [3.8, 4) is 5.75 Å². The van der Waals surface area contributed by atoms with Crippen LogP contribution in [0.2, 0.25) is 0 Å². The molecular formula is C21H24N4O2S. The molecule has 3 rings (SSSR count). The number of ether oxygens (including phenoxy) is 1. The molecule has 2 aromatic carbocycles. The number of rotatable bonds is 9. The van der Waals surface area contributed by atoms with Gasteiger partial charge >= 0.3 is 0 Å². The molecule has 1 heterocycles. The number of carbonyl (C=O) groups excluding carboxylic acids is 1. The Balaban J connectivity index is 1.46. The van der Waals surface area contributed by atoms with Gasteiger partial charge in [-0.1, -0.05) is 55.9 Å². The average Bonchev–Trinajstić information content (AvgIpc) is 3.19. The lowest BCUT2D eigenvalue weighted by atomic mass is 10.1. The third-order valence-corrected chi connectivity index (χ3v) is 5.07. The number of amides is 1. The highest BCUT2D eigenvalue weighted by molar-refractivity contribution is 7.99. The first kappa shape index (κ1) is 19.9. The van der Waals surface area contributed by atoms with Crippen molar-refractivity contribution in [2.45, 2.75) is 38.5 Å². The Morgan fingerprint density at radius 2 is 1.89 bits per heavy atom. The summed E-state index contributed by atoms with van der Waals surface area (Å²) in [6.45, 7) is 4.48. The van der Waals surface area contributed by atoms with Gasteiger partial charge in [0.1, 0.15) is 12.4 Å². The number of hydrogen-bond donors (Lipinski definition) is 2. The maximum Gasteiger partial charge on any atom is 0.234 e. The van der Waals surface area contributed by atoms with Crippen molar-refractivity contribution in [3.63, 3.8) is 0 Å². The zero-order valence-corrected chi connectivity index (χ0v) is 16.9. The number of aromatic amines is 1. The third kappa shape index (κ3) is 5.60. The molecule has 6 nitrogen and oxygen atoms in total. The predicted octanol–water partition coefficient (Wildman–Crippen LogP) is 4.24. The molecule has 0 radical (unpaired) electrons. The molecule has 0 aliphatic heterocycles. The van der Waals surface area contributed by atoms with E-state index in [0.29, 0.717) is 17.6 Å². The Morgan fingerprint density at radius 1 is 1.11 bits per heavy atom. The monoisotopic (exact) mass is 396 g/mol. The smallest absolute Gasteiger partial charge is 0.234 e. The van der Waals surface area contributed by atoms with E-state index in [1.165, 1.54) is 17.3 Å². The topological polar surface area (TPSA) is 79.9 Å². The summed E-state index contributed by atoms with van der Waals surface area (Å²) in [6.07, 6.45) is 1.87. The van der Waals surface area contributed by atoms with Crippen LogP contribution in [0.4, 0.5) is 5.69 Å². The maximum absolute atomic E-state index is 12.2. The molecule has 2 N–H and O–H groups in total. The van der Waals surface area contributed by atoms with Gasteiger partial charge in [-0.25, -0.2) is 4.98 Å². The van der Waals surface area contributed by atoms with Gasteiger partial charge < -0.3 is 10.1 Å². The predicted molar refractivity (Wildman–Crippen MR) is 112 cm³/mol. The Kier molecular flexibility index (Phi) is 7.08. The fourth-order valence-electron chi connectivity index (χ4n) is 2.65. The van der Waals surface area contributed by atoms with E-state index >= 15 is 0 Å². The Bertz CT molecular complexity index is 909. The summed E-state index contributed by atoms with van der Waals surface area (Å²) >= 11 is 1.29. The van der Waals surface area contributed by atoms with Gasteiger partial charge in [-0.05, 0) is 42.2 Å². The molecule has 0 fully saturated rings. The standard InChI is InChI=1S/C21H24N4O2S/c1-3-15-9-11-17(12-10-15)27-13-19-23-21(25-24-19)28-14-20(26)22-18-8-6-5-7-16(18)4-2/h5-12H,3-4,13-14H2,1-2H3,(H,22,26)(H,23,24,25). The summed E-state index contributed by atoms with van der Waals surface area (Å²) in [5, 5.41) is 10.5. The number of benzene rings is 2. The van der Waals surface area contributed by atoms with Crippen LogP contribution in [0.3, 0.4) is 0 Å². The molecule has 7 heteroatoms. The number of aromatic nitrogens is 3. The summed E-state index contributed by atoms with van der Waals surface area (Å²) in [7, 11) is 0. The van der Waals surface area contributed by atoms with Gasteiger partial charge in [-0.15, -0.1) is 5.10 Å². The average molecular weight is 397 g/mol. The molecule has 0 saturated carbocycles. The molecule has 0 unspecified atom stereocenters. The van der Waals surface area contributed by atoms with E-state index in [-0.39, 0.29) is 11.7 Å². The molecule has 0 atom stereocenters. The summed E-state index contributed by atoms with van der Waals surface area (Å²) in [5.74, 6) is 1.58. The highest BCUT2D eigenvalue weighted by atomic mass is 32.2. The first-order valence-electron chi connectivity index (χ1n) is 9.31. The zero-order valence-electron chi connectivity index (χ0n) is 16.1. The number of aryl methyl sites for hydroxylation is 2. The van der Waals surface area contributed by atoms with Crippen molar-refractivity contribution in [1.29, 1.82) is 0 Å². The minimum absolute atomic E-state index is 0.0792. The number of thioether (sulfide) groups is 1. The van der Waals surface area contributed by atoms with Crippen LogP contribution in [0.15, 0.2) is 53.7 Å². The van der Waals surface area contributed by atoms with Crippen LogP contribution in [0.5, 0.6) is 5.75 Å². The molecule has 3 aromatic rings. The van der Waals surface area contributed by atoms with Crippen LogP contribution < -0.4 is 10.1 Å². The number of nitrogens with zero attached hydrogens (tertiary/aromatic N) is 2. The lowest BCUT2D eigenvalue weighted by molar-refractivity contribution is -0.113. The van der Waals surface area contributed by atoms with Crippen LogP contribution in [0.1, 0.15) is 30.8 Å². The lowest BCUT2D eigenvalue weighted by Gasteiger charge is -2.08. The molecule has 0 saturated heterocycles. The van der Waals surface area contributed by atoms with Gasteiger partial charge in [0.05, 0.1) is 5.75 Å². The second kappa shape index (κ2) is 9.94. The number of hydrogen-bond acceptors (Lipinski definition) is 5. The first-order chi connectivity index (χ1) is 13.7. The molecule has 0 aliphatic carbocycles. The molecule has 146 valence electrons. The molecule has 1 aromatic heterocycles. The van der Waals surface area contributed by atoms with E-state index in [2.05, 4.69) is 34.3 Å². The maximum atomic E-state index is 12.2. The second-order valence-electron chi connectivity index (χ2n) is 6.20. The Morgan fingerprint density at radius 3 is 2.64 bits per heavy atom. The van der Waals surface area contributed by atoms with Crippen LogP contribution >= 0.6 is 11.8 Å². The van der Waals surface area contributed by atoms with Crippen LogP contribution in [-0.2, 0) is 24.2 Å². The van der Waals surface area contributed by atoms with Crippen molar-refractivity contribution in [3.05, 3.63) is 65.5 Å². The normalized spacial score (nSPS) is 10.6. The van der Waals surface area contributed by atoms with Crippen molar-refractivity contribution in [1.82, 2.24) is 15.2 Å². The minimum Gasteiger partial charge on any atom is -0.486 e. The van der Waals surface area contributed by atoms with E-state index in [0.717, 1.165) is 29.8 Å². The number of H-pyrrole nitrogens is 1. The SMILES string of the molecule is CCc1ccc(OCc2nc(SCC(=O)Nc3ccccc3CC)n[nH]2)cc1. The van der Waals surface area contributed by atoms with E-state index in [9.17, 15) is 4.79 Å². The number of carbonyl (C=O) groups is 1. The summed E-state index contributed by atoms with van der Waals surface area (Å²) in [4.78, 5) is 16.6. The molecule has 1 amide bonds. The summed E-state index contributed by atoms with van der Waals surface area (Å²) < 4.78 is 5.71. The van der Waals surface area contributed by atoms with Gasteiger partial charge in [0.25, 0.3) is 0 Å². The van der Waals surface area contributed by atoms with Gasteiger partial charge in [-0.3, -0.25) is 9.89 Å². The van der Waals surface area contributed by atoms with Gasteiger partial charge in [0.15, 0.2) is 5.82 Å². The molecular weight excluding hydrogens is 372 g/mol. The number of para-hydroxylation sites is 1. The van der Waals surface area contributed by atoms with Crippen LogP contribution in [-0.4, -0.2) is 26.8 Å². The van der Waals surface area contributed by atoms with Crippen LogP contribution in [0.25, 0.3) is 0 Å². The van der Waals surface area contributed by atoms with Crippen molar-refractivity contribution < 1.29 is 9.53 Å². The zero-order chi connectivity index (χ0) is 19.8. The quantitative estimate of drug-likeness (QED) is 0.529. The first-order valence-corrected chi connectivity index (χ1v) is 10.3. The van der Waals surface area contributed by atoms with E-state index < -0.39 is 0 Å². The summed E-state index contributed by atoms with van der Waals surface area (Å²) in [6, 6.07) is 15.8. The largest absolute Gasteiger partial charge is 0.486 e. The Hall–Kier alpha value is -2.80. The summed E-state index contributed by atoms with van der Waals surface area (Å²) in [5.41, 5.74) is 3.24. The minimum atomic E-state index is -0.0792. The van der Waals surface area contributed by atoms with Crippen molar-refractivity contribution in [2.24, 2.45) is 0 Å². The third-order valence-electron chi connectivity index (χ3n) is 4.22. The Labute approximate surface area is 169 Å². The van der Waals surface area contributed by atoms with Crippen molar-refractivity contribution in [2.75, 3.05) is 11.1 Å². The molecule has 0 bridgehead atoms. The van der Waals surface area contributed by atoms with E-state index in [1.807, 2.05) is 48.5 Å². The van der Waals surface area contributed by atoms with E-state index in [4.69, 9.17) is 4.74 Å². The lowest BCUT2D eigenvalue weighted by Crippen LogP contribution is -2.15. The van der Waals surface area contributed by atoms with Gasteiger partial charge in [-0.2, -0.15) is 0 Å².